The molecule has 0 aromatic heterocycles. The van der Waals surface area contributed by atoms with E-state index in [9.17, 15) is 18.0 Å². The van der Waals surface area contributed by atoms with Gasteiger partial charge in [-0.05, 0) is 61.7 Å². The van der Waals surface area contributed by atoms with Crippen molar-refractivity contribution in [2.75, 3.05) is 38.7 Å². The number of benzene rings is 3. The van der Waals surface area contributed by atoms with Crippen LogP contribution in [0.3, 0.4) is 0 Å². The first-order chi connectivity index (χ1) is 20.5. The minimum Gasteiger partial charge on any atom is -0.495 e. The first-order valence-corrected chi connectivity index (χ1v) is 15.5. The Kier molecular flexibility index (Phi) is 11.7. The molecule has 0 spiro atoms. The Hall–Kier alpha value is -3.96. The SMILES string of the molecule is CCCNC(=O)C(C)N(Cc1ccccc1C)C(=O)CN(c1cc(Cl)ccc1OC)S(=O)(=O)c1ccc(OC)c(OC)c1. The van der Waals surface area contributed by atoms with Gasteiger partial charge in [0.1, 0.15) is 18.3 Å². The molecule has 12 heteroatoms. The summed E-state index contributed by atoms with van der Waals surface area (Å²) in [6, 6.07) is 15.2. The van der Waals surface area contributed by atoms with Gasteiger partial charge >= 0.3 is 0 Å². The van der Waals surface area contributed by atoms with E-state index in [1.165, 1.54) is 56.6 Å². The molecule has 0 heterocycles. The van der Waals surface area contributed by atoms with E-state index in [4.69, 9.17) is 25.8 Å². The van der Waals surface area contributed by atoms with Crippen molar-refractivity contribution in [3.05, 3.63) is 76.8 Å². The fourth-order valence-corrected chi connectivity index (χ4v) is 6.02. The van der Waals surface area contributed by atoms with E-state index < -0.39 is 28.5 Å². The van der Waals surface area contributed by atoms with Crippen LogP contribution in [-0.2, 0) is 26.2 Å². The molecule has 2 amide bonds. The van der Waals surface area contributed by atoms with Crippen molar-refractivity contribution >= 4 is 39.1 Å². The highest BCUT2D eigenvalue weighted by atomic mass is 35.5. The first-order valence-electron chi connectivity index (χ1n) is 13.7. The van der Waals surface area contributed by atoms with Crippen molar-refractivity contribution < 1.29 is 32.2 Å². The van der Waals surface area contributed by atoms with E-state index in [-0.39, 0.29) is 39.6 Å². The second-order valence-corrected chi connectivity index (χ2v) is 12.1. The van der Waals surface area contributed by atoms with Crippen LogP contribution in [0, 0.1) is 6.92 Å². The maximum absolute atomic E-state index is 14.3. The van der Waals surface area contributed by atoms with Crippen LogP contribution in [0.25, 0.3) is 0 Å². The summed E-state index contributed by atoms with van der Waals surface area (Å²) in [6.45, 7) is 5.33. The molecule has 1 atom stereocenters. The maximum Gasteiger partial charge on any atom is 0.265 e. The van der Waals surface area contributed by atoms with Gasteiger partial charge < -0.3 is 24.4 Å². The van der Waals surface area contributed by atoms with Crippen molar-refractivity contribution in [2.24, 2.45) is 0 Å². The monoisotopic (exact) mass is 631 g/mol. The number of nitrogens with zero attached hydrogens (tertiary/aromatic N) is 2. The average molecular weight is 632 g/mol. The van der Waals surface area contributed by atoms with Crippen LogP contribution in [0.4, 0.5) is 5.69 Å². The lowest BCUT2D eigenvalue weighted by Crippen LogP contribution is -2.51. The quantitative estimate of drug-likeness (QED) is 0.271. The molecule has 3 aromatic carbocycles. The van der Waals surface area contributed by atoms with Crippen molar-refractivity contribution in [1.82, 2.24) is 10.2 Å². The van der Waals surface area contributed by atoms with Gasteiger partial charge in [0.05, 0.1) is 31.9 Å². The third-order valence-corrected chi connectivity index (χ3v) is 8.94. The molecule has 232 valence electrons. The number of methoxy groups -OCH3 is 3. The van der Waals surface area contributed by atoms with Gasteiger partial charge in [-0.2, -0.15) is 0 Å². The molecule has 0 aliphatic carbocycles. The Labute approximate surface area is 258 Å². The van der Waals surface area contributed by atoms with Crippen LogP contribution in [0.5, 0.6) is 17.2 Å². The summed E-state index contributed by atoms with van der Waals surface area (Å²) < 4.78 is 45.6. The Morgan fingerprint density at radius 3 is 2.21 bits per heavy atom. The number of amides is 2. The highest BCUT2D eigenvalue weighted by Gasteiger charge is 2.34. The summed E-state index contributed by atoms with van der Waals surface area (Å²) in [6.07, 6.45) is 0.718. The van der Waals surface area contributed by atoms with Crippen molar-refractivity contribution in [3.63, 3.8) is 0 Å². The average Bonchev–Trinajstić information content (AvgIpc) is 3.01. The highest BCUT2D eigenvalue weighted by Crippen LogP contribution is 2.37. The Morgan fingerprint density at radius 2 is 1.58 bits per heavy atom. The van der Waals surface area contributed by atoms with E-state index in [0.717, 1.165) is 21.9 Å². The summed E-state index contributed by atoms with van der Waals surface area (Å²) >= 11 is 6.30. The summed E-state index contributed by atoms with van der Waals surface area (Å²) in [7, 11) is -0.198. The molecule has 0 aliphatic rings. The van der Waals surface area contributed by atoms with E-state index in [1.54, 1.807) is 13.0 Å². The topological polar surface area (TPSA) is 114 Å². The van der Waals surface area contributed by atoms with E-state index in [1.807, 2.05) is 38.1 Å². The second kappa shape index (κ2) is 15.0. The van der Waals surface area contributed by atoms with E-state index in [0.29, 0.717) is 12.3 Å². The number of hydrogen-bond donors (Lipinski definition) is 1. The number of aryl methyl sites for hydroxylation is 1. The normalized spacial score (nSPS) is 11.8. The van der Waals surface area contributed by atoms with E-state index in [2.05, 4.69) is 5.32 Å². The Balaban J connectivity index is 2.15. The van der Waals surface area contributed by atoms with Gasteiger partial charge in [0.25, 0.3) is 10.0 Å². The van der Waals surface area contributed by atoms with Gasteiger partial charge in [-0.1, -0.05) is 42.8 Å². The van der Waals surface area contributed by atoms with Crippen molar-refractivity contribution in [2.45, 2.75) is 44.7 Å². The molecule has 3 rings (SSSR count). The zero-order chi connectivity index (χ0) is 31.7. The molecule has 0 saturated carbocycles. The van der Waals surface area contributed by atoms with Gasteiger partial charge in [-0.15, -0.1) is 0 Å². The number of halogens is 1. The number of rotatable bonds is 14. The molecular formula is C31H38ClN3O7S. The number of carbonyl (C=O) groups excluding carboxylic acids is 2. The van der Waals surface area contributed by atoms with Gasteiger partial charge in [-0.3, -0.25) is 13.9 Å². The molecule has 43 heavy (non-hydrogen) atoms. The second-order valence-electron chi connectivity index (χ2n) is 9.76. The van der Waals surface area contributed by atoms with Gasteiger partial charge in [-0.25, -0.2) is 8.42 Å². The van der Waals surface area contributed by atoms with Crippen LogP contribution in [0.2, 0.25) is 5.02 Å². The third kappa shape index (κ3) is 7.91. The molecule has 10 nitrogen and oxygen atoms in total. The minimum absolute atomic E-state index is 0.0528. The number of sulfonamides is 1. The summed E-state index contributed by atoms with van der Waals surface area (Å²) in [5.41, 5.74) is 1.80. The van der Waals surface area contributed by atoms with Crippen LogP contribution < -0.4 is 23.8 Å². The molecule has 1 unspecified atom stereocenters. The molecule has 0 radical (unpaired) electrons. The largest absolute Gasteiger partial charge is 0.495 e. The zero-order valence-electron chi connectivity index (χ0n) is 25.2. The van der Waals surface area contributed by atoms with Crippen LogP contribution in [-0.4, -0.2) is 65.6 Å². The first kappa shape index (κ1) is 33.5. The number of nitrogens with one attached hydrogen (secondary N) is 1. The lowest BCUT2D eigenvalue weighted by atomic mass is 10.1. The number of ether oxygens (including phenoxy) is 3. The summed E-state index contributed by atoms with van der Waals surface area (Å²) in [5, 5.41) is 3.07. The van der Waals surface area contributed by atoms with E-state index >= 15 is 0 Å². The molecule has 3 aromatic rings. The van der Waals surface area contributed by atoms with Gasteiger partial charge in [0.2, 0.25) is 11.8 Å². The minimum atomic E-state index is -4.42. The van der Waals surface area contributed by atoms with Crippen LogP contribution in [0.15, 0.2) is 65.6 Å². The van der Waals surface area contributed by atoms with Gasteiger partial charge in [0.15, 0.2) is 11.5 Å². The molecular weight excluding hydrogens is 594 g/mol. The number of anilines is 1. The van der Waals surface area contributed by atoms with Gasteiger partial charge in [0, 0.05) is 24.2 Å². The third-order valence-electron chi connectivity index (χ3n) is 6.95. The maximum atomic E-state index is 14.3. The lowest BCUT2D eigenvalue weighted by Gasteiger charge is -2.32. The number of carbonyl (C=O) groups is 2. The molecule has 0 saturated heterocycles. The Bertz CT molecular complexity index is 1550. The van der Waals surface area contributed by atoms with Crippen molar-refractivity contribution in [1.29, 1.82) is 0 Å². The fraction of sp³-hybridized carbons (Fsp3) is 0.355. The predicted octanol–water partition coefficient (Wildman–Crippen LogP) is 4.81. The lowest BCUT2D eigenvalue weighted by molar-refractivity contribution is -0.139. The van der Waals surface area contributed by atoms with Crippen LogP contribution >= 0.6 is 11.6 Å². The molecule has 0 aliphatic heterocycles. The number of hydrogen-bond acceptors (Lipinski definition) is 7. The molecule has 1 N–H and O–H groups in total. The Morgan fingerprint density at radius 1 is 0.930 bits per heavy atom. The summed E-state index contributed by atoms with van der Waals surface area (Å²) in [4.78, 5) is 28.5. The molecule has 0 bridgehead atoms. The van der Waals surface area contributed by atoms with Crippen LogP contribution in [0.1, 0.15) is 31.4 Å². The predicted molar refractivity (Wildman–Crippen MR) is 167 cm³/mol. The summed E-state index contributed by atoms with van der Waals surface area (Å²) in [5.74, 6) is -0.247. The van der Waals surface area contributed by atoms with Crippen molar-refractivity contribution in [3.8, 4) is 17.2 Å². The highest BCUT2D eigenvalue weighted by molar-refractivity contribution is 7.92. The molecule has 0 fully saturated rings. The fourth-order valence-electron chi connectivity index (χ4n) is 4.43. The zero-order valence-corrected chi connectivity index (χ0v) is 26.8. The smallest absolute Gasteiger partial charge is 0.265 e. The standard InChI is InChI=1S/C31H38ClN3O7S/c1-7-16-33-31(37)22(3)34(19-23-11-9-8-10-21(23)2)30(36)20-35(26-17-24(32)12-14-27(26)40-4)43(38,39)25-13-15-28(41-5)29(18-25)42-6/h8-15,17-18,22H,7,16,19-20H2,1-6H3,(H,33,37).